The van der Waals surface area contributed by atoms with Crippen molar-refractivity contribution >= 4 is 11.5 Å². The van der Waals surface area contributed by atoms with Gasteiger partial charge in [0.2, 0.25) is 0 Å². The molecular formula is C17H18N6. The molecule has 1 fully saturated rings. The first-order valence-corrected chi connectivity index (χ1v) is 7.82. The van der Waals surface area contributed by atoms with Gasteiger partial charge in [-0.15, -0.1) is 0 Å². The highest BCUT2D eigenvalue weighted by Crippen LogP contribution is 2.30. The van der Waals surface area contributed by atoms with Crippen molar-refractivity contribution in [1.29, 1.82) is 0 Å². The number of rotatable bonds is 5. The van der Waals surface area contributed by atoms with Gasteiger partial charge in [0.25, 0.3) is 0 Å². The Bertz CT molecular complexity index is 807. The maximum absolute atomic E-state index is 4.58. The van der Waals surface area contributed by atoms with Crippen molar-refractivity contribution in [3.63, 3.8) is 0 Å². The van der Waals surface area contributed by atoms with Crippen LogP contribution in [0.15, 0.2) is 43.0 Å². The van der Waals surface area contributed by atoms with Crippen LogP contribution in [-0.2, 0) is 6.54 Å². The predicted octanol–water partition coefficient (Wildman–Crippen LogP) is 3.20. The fraction of sp³-hybridized carbons (Fsp3) is 0.294. The molecule has 0 spiro atoms. The maximum atomic E-state index is 4.58. The SMILES string of the molecule is Cc1cc(Nc2cnn(CC3CC3)c2)nc(-c2cccnc2)n1. The van der Waals surface area contributed by atoms with Crippen LogP contribution < -0.4 is 5.32 Å². The average Bonchev–Trinajstić information content (AvgIpc) is 3.26. The number of hydrogen-bond acceptors (Lipinski definition) is 5. The van der Waals surface area contributed by atoms with Gasteiger partial charge in [-0.3, -0.25) is 9.67 Å². The lowest BCUT2D eigenvalue weighted by molar-refractivity contribution is 0.563. The third-order valence-electron chi connectivity index (χ3n) is 3.82. The van der Waals surface area contributed by atoms with Gasteiger partial charge >= 0.3 is 0 Å². The Labute approximate surface area is 134 Å². The molecule has 0 unspecified atom stereocenters. The zero-order valence-corrected chi connectivity index (χ0v) is 13.0. The molecule has 0 aliphatic heterocycles. The molecule has 0 saturated heterocycles. The molecular weight excluding hydrogens is 288 g/mol. The number of nitrogens with zero attached hydrogens (tertiary/aromatic N) is 5. The summed E-state index contributed by atoms with van der Waals surface area (Å²) in [6.07, 6.45) is 10.0. The fourth-order valence-electron chi connectivity index (χ4n) is 2.50. The number of hydrogen-bond donors (Lipinski definition) is 1. The molecule has 6 nitrogen and oxygen atoms in total. The van der Waals surface area contributed by atoms with Crippen LogP contribution in [-0.4, -0.2) is 24.7 Å². The molecule has 1 saturated carbocycles. The van der Waals surface area contributed by atoms with Gasteiger partial charge in [0.15, 0.2) is 5.82 Å². The van der Waals surface area contributed by atoms with Crippen LogP contribution >= 0.6 is 0 Å². The lowest BCUT2D eigenvalue weighted by atomic mass is 10.2. The summed E-state index contributed by atoms with van der Waals surface area (Å²) in [7, 11) is 0. The van der Waals surface area contributed by atoms with Crippen molar-refractivity contribution in [2.24, 2.45) is 5.92 Å². The molecule has 0 radical (unpaired) electrons. The third kappa shape index (κ3) is 3.36. The summed E-state index contributed by atoms with van der Waals surface area (Å²) in [6.45, 7) is 2.97. The van der Waals surface area contributed by atoms with E-state index in [0.29, 0.717) is 5.82 Å². The molecule has 3 aromatic heterocycles. The molecule has 1 aliphatic rings. The quantitative estimate of drug-likeness (QED) is 0.784. The zero-order chi connectivity index (χ0) is 15.6. The summed E-state index contributed by atoms with van der Waals surface area (Å²) < 4.78 is 2.00. The van der Waals surface area contributed by atoms with E-state index < -0.39 is 0 Å². The molecule has 0 amide bonds. The van der Waals surface area contributed by atoms with E-state index in [4.69, 9.17) is 0 Å². The van der Waals surface area contributed by atoms with Crippen LogP contribution in [0.5, 0.6) is 0 Å². The second kappa shape index (κ2) is 5.79. The molecule has 1 aliphatic carbocycles. The Morgan fingerprint density at radius 2 is 2.17 bits per heavy atom. The van der Waals surface area contributed by atoms with Crippen LogP contribution in [0, 0.1) is 12.8 Å². The van der Waals surface area contributed by atoms with Crippen LogP contribution in [0.4, 0.5) is 11.5 Å². The van der Waals surface area contributed by atoms with E-state index in [9.17, 15) is 0 Å². The van der Waals surface area contributed by atoms with Gasteiger partial charge in [0, 0.05) is 42.5 Å². The summed E-state index contributed by atoms with van der Waals surface area (Å²) in [5.74, 6) is 2.24. The maximum Gasteiger partial charge on any atom is 0.163 e. The van der Waals surface area contributed by atoms with Crippen LogP contribution in [0.2, 0.25) is 0 Å². The van der Waals surface area contributed by atoms with Gasteiger partial charge in [-0.05, 0) is 37.8 Å². The predicted molar refractivity (Wildman–Crippen MR) is 88.2 cm³/mol. The van der Waals surface area contributed by atoms with Gasteiger partial charge in [0.05, 0.1) is 11.9 Å². The first kappa shape index (κ1) is 13.9. The van der Waals surface area contributed by atoms with Crippen LogP contribution in [0.1, 0.15) is 18.5 Å². The van der Waals surface area contributed by atoms with Crippen molar-refractivity contribution in [1.82, 2.24) is 24.7 Å². The van der Waals surface area contributed by atoms with Crippen molar-refractivity contribution in [2.75, 3.05) is 5.32 Å². The molecule has 4 rings (SSSR count). The minimum Gasteiger partial charge on any atom is -0.338 e. The van der Waals surface area contributed by atoms with Gasteiger partial charge in [-0.2, -0.15) is 5.10 Å². The van der Waals surface area contributed by atoms with Gasteiger partial charge < -0.3 is 5.32 Å². The number of nitrogens with one attached hydrogen (secondary N) is 1. The first-order chi connectivity index (χ1) is 11.3. The molecule has 1 N–H and O–H groups in total. The molecule has 6 heteroatoms. The van der Waals surface area contributed by atoms with Gasteiger partial charge in [0.1, 0.15) is 5.82 Å². The van der Waals surface area contributed by atoms with Crippen molar-refractivity contribution in [3.05, 3.63) is 48.7 Å². The summed E-state index contributed by atoms with van der Waals surface area (Å²) in [5.41, 5.74) is 2.76. The number of aryl methyl sites for hydroxylation is 1. The van der Waals surface area contributed by atoms with E-state index in [1.54, 1.807) is 12.4 Å². The second-order valence-electron chi connectivity index (χ2n) is 5.98. The number of aromatic nitrogens is 5. The Hall–Kier alpha value is -2.76. The highest BCUT2D eigenvalue weighted by Gasteiger charge is 2.21. The molecule has 0 atom stereocenters. The molecule has 3 heterocycles. The Kier molecular flexibility index (Phi) is 3.49. The standard InChI is InChI=1S/C17H18N6/c1-12-7-16(22-17(20-12)14-3-2-6-18-8-14)21-15-9-19-23(11-15)10-13-4-5-13/h2-3,6-9,11,13H,4-5,10H2,1H3,(H,20,21,22). The van der Waals surface area contributed by atoms with E-state index in [-0.39, 0.29) is 0 Å². The van der Waals surface area contributed by atoms with Gasteiger partial charge in [-0.1, -0.05) is 0 Å². The first-order valence-electron chi connectivity index (χ1n) is 7.82. The summed E-state index contributed by atoms with van der Waals surface area (Å²) in [6, 6.07) is 5.77. The summed E-state index contributed by atoms with van der Waals surface area (Å²) in [4.78, 5) is 13.2. The molecule has 116 valence electrons. The van der Waals surface area contributed by atoms with E-state index in [1.165, 1.54) is 12.8 Å². The average molecular weight is 306 g/mol. The normalized spacial score (nSPS) is 14.0. The Morgan fingerprint density at radius 1 is 1.26 bits per heavy atom. The van der Waals surface area contributed by atoms with Crippen LogP contribution in [0.25, 0.3) is 11.4 Å². The van der Waals surface area contributed by atoms with E-state index in [1.807, 2.05) is 42.2 Å². The monoisotopic (exact) mass is 306 g/mol. The second-order valence-corrected chi connectivity index (χ2v) is 5.98. The number of anilines is 2. The van der Waals surface area contributed by atoms with Gasteiger partial charge in [-0.25, -0.2) is 9.97 Å². The smallest absolute Gasteiger partial charge is 0.163 e. The minimum absolute atomic E-state index is 0.672. The zero-order valence-electron chi connectivity index (χ0n) is 13.0. The summed E-state index contributed by atoms with van der Waals surface area (Å²) >= 11 is 0. The topological polar surface area (TPSA) is 68.5 Å². The minimum atomic E-state index is 0.672. The lowest BCUT2D eigenvalue weighted by Gasteiger charge is -2.07. The lowest BCUT2D eigenvalue weighted by Crippen LogP contribution is -2.00. The third-order valence-corrected chi connectivity index (χ3v) is 3.82. The van der Waals surface area contributed by atoms with E-state index in [2.05, 4.69) is 25.4 Å². The number of pyridine rings is 1. The Balaban J connectivity index is 1.56. The highest BCUT2D eigenvalue weighted by molar-refractivity contribution is 5.60. The van der Waals surface area contributed by atoms with Crippen molar-refractivity contribution < 1.29 is 0 Å². The van der Waals surface area contributed by atoms with E-state index in [0.717, 1.165) is 35.2 Å². The van der Waals surface area contributed by atoms with E-state index >= 15 is 0 Å². The van der Waals surface area contributed by atoms with Crippen LogP contribution in [0.3, 0.4) is 0 Å². The highest BCUT2D eigenvalue weighted by atomic mass is 15.3. The van der Waals surface area contributed by atoms with Crippen molar-refractivity contribution in [3.8, 4) is 11.4 Å². The Morgan fingerprint density at radius 3 is 2.96 bits per heavy atom. The molecule has 0 bridgehead atoms. The molecule has 3 aromatic rings. The largest absolute Gasteiger partial charge is 0.338 e. The fourth-order valence-corrected chi connectivity index (χ4v) is 2.50. The molecule has 0 aromatic carbocycles. The summed E-state index contributed by atoms with van der Waals surface area (Å²) in [5, 5.41) is 7.71. The molecule has 23 heavy (non-hydrogen) atoms. The van der Waals surface area contributed by atoms with Crippen molar-refractivity contribution in [2.45, 2.75) is 26.3 Å².